The van der Waals surface area contributed by atoms with E-state index in [4.69, 9.17) is 5.73 Å². The number of hydrogen-bond donors (Lipinski definition) is 1. The molecule has 1 fully saturated rings. The number of nitrogens with two attached hydrogens (primary N) is 1. The molecular formula is C18H21N3O. The van der Waals surface area contributed by atoms with Crippen LogP contribution in [0.1, 0.15) is 16.8 Å². The third-order valence-electron chi connectivity index (χ3n) is 4.06. The van der Waals surface area contributed by atoms with Gasteiger partial charge in [-0.2, -0.15) is 0 Å². The minimum atomic E-state index is 0.0925. The molecule has 1 amide bonds. The van der Waals surface area contributed by atoms with Gasteiger partial charge in [-0.15, -0.1) is 0 Å². The van der Waals surface area contributed by atoms with Crippen LogP contribution < -0.4 is 10.6 Å². The molecule has 2 aromatic rings. The summed E-state index contributed by atoms with van der Waals surface area (Å²) in [4.78, 5) is 16.9. The SMILES string of the molecule is Nc1ccc(C(=O)N2CCCN(c3ccccc3)CC2)cc1. The summed E-state index contributed by atoms with van der Waals surface area (Å²) in [5.41, 5.74) is 8.30. The molecule has 4 heteroatoms. The maximum atomic E-state index is 12.6. The highest BCUT2D eigenvalue weighted by molar-refractivity contribution is 5.94. The molecule has 0 radical (unpaired) electrons. The van der Waals surface area contributed by atoms with E-state index in [1.165, 1.54) is 5.69 Å². The fraction of sp³-hybridized carbons (Fsp3) is 0.278. The van der Waals surface area contributed by atoms with Crippen LogP contribution in [0.4, 0.5) is 11.4 Å². The molecule has 0 bridgehead atoms. The molecule has 1 saturated heterocycles. The standard InChI is InChI=1S/C18H21N3O/c19-16-9-7-15(8-10-16)18(22)21-12-4-11-20(13-14-21)17-5-2-1-3-6-17/h1-3,5-10H,4,11-14,19H2. The molecule has 3 rings (SSSR count). The van der Waals surface area contributed by atoms with E-state index in [0.717, 1.165) is 32.6 Å². The predicted octanol–water partition coefficient (Wildman–Crippen LogP) is 2.62. The van der Waals surface area contributed by atoms with E-state index in [9.17, 15) is 4.79 Å². The van der Waals surface area contributed by atoms with Gasteiger partial charge < -0.3 is 15.5 Å². The van der Waals surface area contributed by atoms with Gasteiger partial charge in [-0.05, 0) is 42.8 Å². The second-order valence-electron chi connectivity index (χ2n) is 5.59. The molecule has 114 valence electrons. The van der Waals surface area contributed by atoms with E-state index in [-0.39, 0.29) is 5.91 Å². The van der Waals surface area contributed by atoms with Crippen LogP contribution in [0.25, 0.3) is 0 Å². The van der Waals surface area contributed by atoms with Crippen molar-refractivity contribution < 1.29 is 4.79 Å². The molecule has 0 unspecified atom stereocenters. The van der Waals surface area contributed by atoms with Crippen molar-refractivity contribution in [3.8, 4) is 0 Å². The fourth-order valence-electron chi connectivity index (χ4n) is 2.83. The molecule has 4 nitrogen and oxygen atoms in total. The van der Waals surface area contributed by atoms with Gasteiger partial charge in [-0.1, -0.05) is 18.2 Å². The lowest BCUT2D eigenvalue weighted by Gasteiger charge is -2.23. The molecule has 2 N–H and O–H groups in total. The highest BCUT2D eigenvalue weighted by atomic mass is 16.2. The Morgan fingerprint density at radius 3 is 2.32 bits per heavy atom. The zero-order chi connectivity index (χ0) is 15.4. The normalized spacial score (nSPS) is 15.5. The van der Waals surface area contributed by atoms with Crippen molar-refractivity contribution in [1.29, 1.82) is 0 Å². The lowest BCUT2D eigenvalue weighted by Crippen LogP contribution is -2.35. The van der Waals surface area contributed by atoms with Crippen molar-refractivity contribution in [1.82, 2.24) is 4.90 Å². The number of anilines is 2. The van der Waals surface area contributed by atoms with Crippen LogP contribution in [0.3, 0.4) is 0 Å². The van der Waals surface area contributed by atoms with Gasteiger partial charge in [-0.3, -0.25) is 4.79 Å². The molecule has 0 aromatic heterocycles. The topological polar surface area (TPSA) is 49.6 Å². The molecule has 1 aliphatic heterocycles. The molecule has 0 aliphatic carbocycles. The maximum Gasteiger partial charge on any atom is 0.253 e. The first-order valence-electron chi connectivity index (χ1n) is 7.69. The lowest BCUT2D eigenvalue weighted by atomic mass is 10.2. The number of benzene rings is 2. The molecule has 1 aliphatic rings. The Hall–Kier alpha value is -2.49. The van der Waals surface area contributed by atoms with E-state index >= 15 is 0 Å². The van der Waals surface area contributed by atoms with Crippen LogP contribution in [0.15, 0.2) is 54.6 Å². The fourth-order valence-corrected chi connectivity index (χ4v) is 2.83. The monoisotopic (exact) mass is 295 g/mol. The zero-order valence-corrected chi connectivity index (χ0v) is 12.6. The minimum absolute atomic E-state index is 0.0925. The third-order valence-corrected chi connectivity index (χ3v) is 4.06. The van der Waals surface area contributed by atoms with Gasteiger partial charge in [0.2, 0.25) is 0 Å². The molecule has 22 heavy (non-hydrogen) atoms. The van der Waals surface area contributed by atoms with Crippen molar-refractivity contribution in [2.75, 3.05) is 36.8 Å². The Balaban J connectivity index is 1.67. The van der Waals surface area contributed by atoms with Gasteiger partial charge in [0.1, 0.15) is 0 Å². The van der Waals surface area contributed by atoms with Crippen molar-refractivity contribution in [3.05, 3.63) is 60.2 Å². The van der Waals surface area contributed by atoms with E-state index in [0.29, 0.717) is 11.3 Å². The third kappa shape index (κ3) is 3.22. The first-order chi connectivity index (χ1) is 10.7. The summed E-state index contributed by atoms with van der Waals surface area (Å²) in [5.74, 6) is 0.0925. The van der Waals surface area contributed by atoms with Crippen LogP contribution in [-0.2, 0) is 0 Å². The first kappa shape index (κ1) is 14.4. The number of hydrogen-bond acceptors (Lipinski definition) is 3. The van der Waals surface area contributed by atoms with Gasteiger partial charge in [0, 0.05) is 43.1 Å². The van der Waals surface area contributed by atoms with Crippen LogP contribution in [0.5, 0.6) is 0 Å². The van der Waals surface area contributed by atoms with Crippen LogP contribution in [0, 0.1) is 0 Å². The summed E-state index contributed by atoms with van der Waals surface area (Å²) in [6.45, 7) is 3.39. The van der Waals surface area contributed by atoms with Crippen molar-refractivity contribution in [2.45, 2.75) is 6.42 Å². The van der Waals surface area contributed by atoms with Crippen LogP contribution >= 0.6 is 0 Å². The zero-order valence-electron chi connectivity index (χ0n) is 12.6. The van der Waals surface area contributed by atoms with Crippen molar-refractivity contribution in [3.63, 3.8) is 0 Å². The van der Waals surface area contributed by atoms with E-state index in [1.807, 2.05) is 11.0 Å². The van der Waals surface area contributed by atoms with E-state index in [1.54, 1.807) is 24.3 Å². The van der Waals surface area contributed by atoms with Crippen molar-refractivity contribution in [2.24, 2.45) is 0 Å². The largest absolute Gasteiger partial charge is 0.399 e. The summed E-state index contributed by atoms with van der Waals surface area (Å²) in [5, 5.41) is 0. The van der Waals surface area contributed by atoms with Gasteiger partial charge in [0.05, 0.1) is 0 Å². The van der Waals surface area contributed by atoms with E-state index in [2.05, 4.69) is 29.2 Å². The predicted molar refractivity (Wildman–Crippen MR) is 90.0 cm³/mol. The number of amides is 1. The number of nitrogens with zero attached hydrogens (tertiary/aromatic N) is 2. The summed E-state index contributed by atoms with van der Waals surface area (Å²) in [6, 6.07) is 17.5. The average Bonchev–Trinajstić information content (AvgIpc) is 2.82. The summed E-state index contributed by atoms with van der Waals surface area (Å²) in [7, 11) is 0. The first-order valence-corrected chi connectivity index (χ1v) is 7.69. The van der Waals surface area contributed by atoms with Gasteiger partial charge in [0.25, 0.3) is 5.91 Å². The van der Waals surface area contributed by atoms with Gasteiger partial charge in [0.15, 0.2) is 0 Å². The van der Waals surface area contributed by atoms with Gasteiger partial charge >= 0.3 is 0 Å². The quantitative estimate of drug-likeness (QED) is 0.867. The summed E-state index contributed by atoms with van der Waals surface area (Å²) >= 11 is 0. The van der Waals surface area contributed by atoms with Crippen molar-refractivity contribution >= 4 is 17.3 Å². The van der Waals surface area contributed by atoms with Gasteiger partial charge in [-0.25, -0.2) is 0 Å². The summed E-state index contributed by atoms with van der Waals surface area (Å²) < 4.78 is 0. The Morgan fingerprint density at radius 2 is 1.59 bits per heavy atom. The van der Waals surface area contributed by atoms with E-state index < -0.39 is 0 Å². The maximum absolute atomic E-state index is 12.6. The minimum Gasteiger partial charge on any atom is -0.399 e. The Labute approximate surface area is 131 Å². The molecule has 0 saturated carbocycles. The number of nitrogen functional groups attached to an aromatic ring is 1. The van der Waals surface area contributed by atoms with Crippen LogP contribution in [0.2, 0.25) is 0 Å². The molecule has 0 spiro atoms. The number of carbonyl (C=O) groups excluding carboxylic acids is 1. The summed E-state index contributed by atoms with van der Waals surface area (Å²) in [6.07, 6.45) is 0.982. The highest BCUT2D eigenvalue weighted by Gasteiger charge is 2.20. The second kappa shape index (κ2) is 6.52. The highest BCUT2D eigenvalue weighted by Crippen LogP contribution is 2.17. The molecule has 1 heterocycles. The Kier molecular flexibility index (Phi) is 4.28. The van der Waals surface area contributed by atoms with Crippen LogP contribution in [-0.4, -0.2) is 37.0 Å². The Morgan fingerprint density at radius 1 is 0.864 bits per heavy atom. The smallest absolute Gasteiger partial charge is 0.253 e. The number of rotatable bonds is 2. The molecule has 0 atom stereocenters. The molecule has 2 aromatic carbocycles. The second-order valence-corrected chi connectivity index (χ2v) is 5.59. The number of para-hydroxylation sites is 1. The number of carbonyl (C=O) groups is 1. The average molecular weight is 295 g/mol. The molecular weight excluding hydrogens is 274 g/mol. The Bertz CT molecular complexity index is 625. The lowest BCUT2D eigenvalue weighted by molar-refractivity contribution is 0.0767.